The van der Waals surface area contributed by atoms with Crippen molar-refractivity contribution in [3.63, 3.8) is 0 Å². The Morgan fingerprint density at radius 3 is 2.83 bits per heavy atom. The van der Waals surface area contributed by atoms with Crippen LogP contribution in [0.5, 0.6) is 0 Å². The normalized spacial score (nSPS) is 21.1. The molecule has 3 aromatic rings. The second kappa shape index (κ2) is 7.11. The molecule has 5 rings (SSSR count). The number of hydrogen-bond donors (Lipinski definition) is 1. The maximum Gasteiger partial charge on any atom is 0.251 e. The molecular weight excluding hydrogens is 366 g/mol. The van der Waals surface area contributed by atoms with E-state index < -0.39 is 0 Å². The Morgan fingerprint density at radius 1 is 1.14 bits per heavy atom. The van der Waals surface area contributed by atoms with Gasteiger partial charge in [-0.1, -0.05) is 0 Å². The fourth-order valence-corrected chi connectivity index (χ4v) is 4.75. The van der Waals surface area contributed by atoms with Gasteiger partial charge in [-0.3, -0.25) is 9.48 Å². The predicted octanol–water partition coefficient (Wildman–Crippen LogP) is 1.51. The molecule has 8 nitrogen and oxygen atoms in total. The molecule has 3 aromatic heterocycles. The first-order valence-electron chi connectivity index (χ1n) is 10.1. The van der Waals surface area contributed by atoms with Crippen molar-refractivity contribution in [1.29, 1.82) is 0 Å². The Balaban J connectivity index is 1.40. The molecular formula is C21H25N7O. The third-order valence-corrected chi connectivity index (χ3v) is 6.04. The number of pyridine rings is 1. The molecule has 0 saturated carbocycles. The van der Waals surface area contributed by atoms with Crippen LogP contribution in [0, 0.1) is 12.8 Å². The van der Waals surface area contributed by atoms with Crippen molar-refractivity contribution < 1.29 is 0 Å². The molecule has 2 bridgehead atoms. The lowest BCUT2D eigenvalue weighted by Gasteiger charge is -2.43. The molecule has 0 amide bonds. The zero-order valence-corrected chi connectivity index (χ0v) is 16.5. The molecule has 1 fully saturated rings. The molecule has 0 radical (unpaired) electrons. The molecule has 2 N–H and O–H groups in total. The van der Waals surface area contributed by atoms with Crippen LogP contribution >= 0.6 is 0 Å². The third kappa shape index (κ3) is 3.55. The van der Waals surface area contributed by atoms with Gasteiger partial charge in [-0.25, -0.2) is 9.97 Å². The molecule has 5 heterocycles. The lowest BCUT2D eigenvalue weighted by Crippen LogP contribution is -2.47. The van der Waals surface area contributed by atoms with Crippen LogP contribution in [0.4, 0.5) is 5.82 Å². The average molecular weight is 391 g/mol. The molecule has 1 saturated heterocycles. The van der Waals surface area contributed by atoms with E-state index in [0.29, 0.717) is 23.3 Å². The molecule has 2 aliphatic heterocycles. The fourth-order valence-electron chi connectivity index (χ4n) is 4.75. The standard InChI is InChI=1S/C21H25N7O/c1-14-2-3-27(25-14)5-4-26-10-15-6-17(12-26)19-7-16(8-21(29)28(19)11-15)18-9-20(22)24-13-23-18/h2-3,7-9,13,15,17H,4-6,10-12H2,1H3,(H2,22,23,24)/t15-,17+/m0/s1. The molecule has 0 spiro atoms. The highest BCUT2D eigenvalue weighted by Crippen LogP contribution is 2.36. The summed E-state index contributed by atoms with van der Waals surface area (Å²) < 4.78 is 3.97. The predicted molar refractivity (Wildman–Crippen MR) is 110 cm³/mol. The number of hydrogen-bond acceptors (Lipinski definition) is 6. The van der Waals surface area contributed by atoms with E-state index in [4.69, 9.17) is 5.73 Å². The van der Waals surface area contributed by atoms with Crippen LogP contribution in [0.25, 0.3) is 11.3 Å². The molecule has 150 valence electrons. The lowest BCUT2D eigenvalue weighted by molar-refractivity contribution is 0.116. The van der Waals surface area contributed by atoms with Gasteiger partial charge in [0.05, 0.1) is 17.9 Å². The van der Waals surface area contributed by atoms with E-state index in [0.717, 1.165) is 56.1 Å². The summed E-state index contributed by atoms with van der Waals surface area (Å²) in [6.45, 7) is 6.66. The molecule has 8 heteroatoms. The SMILES string of the molecule is Cc1ccn(CCN2C[C@@H]3C[C@H](C2)c2cc(-c4cc(N)ncn4)cc(=O)n2C3)n1. The number of anilines is 1. The van der Waals surface area contributed by atoms with Gasteiger partial charge < -0.3 is 15.2 Å². The first kappa shape index (κ1) is 18.1. The largest absolute Gasteiger partial charge is 0.384 e. The van der Waals surface area contributed by atoms with Gasteiger partial charge in [0.2, 0.25) is 0 Å². The van der Waals surface area contributed by atoms with E-state index in [-0.39, 0.29) is 5.56 Å². The van der Waals surface area contributed by atoms with Crippen molar-refractivity contribution in [2.75, 3.05) is 25.4 Å². The van der Waals surface area contributed by atoms with Crippen molar-refractivity contribution in [3.8, 4) is 11.3 Å². The van der Waals surface area contributed by atoms with Crippen LogP contribution in [0.2, 0.25) is 0 Å². The zero-order chi connectivity index (χ0) is 20.0. The van der Waals surface area contributed by atoms with Crippen molar-refractivity contribution >= 4 is 5.82 Å². The number of aromatic nitrogens is 5. The number of likely N-dealkylation sites (tertiary alicyclic amines) is 1. The first-order valence-corrected chi connectivity index (χ1v) is 10.1. The van der Waals surface area contributed by atoms with Crippen molar-refractivity contribution in [1.82, 2.24) is 29.2 Å². The summed E-state index contributed by atoms with van der Waals surface area (Å²) in [5.41, 5.74) is 9.52. The Morgan fingerprint density at radius 2 is 2.03 bits per heavy atom. The van der Waals surface area contributed by atoms with Crippen LogP contribution in [0.3, 0.4) is 0 Å². The number of fused-ring (bicyclic) bond motifs is 4. The monoisotopic (exact) mass is 391 g/mol. The quantitative estimate of drug-likeness (QED) is 0.724. The Hall–Kier alpha value is -3.00. The number of aryl methyl sites for hydroxylation is 1. The molecule has 2 atom stereocenters. The Bertz CT molecular complexity index is 1100. The van der Waals surface area contributed by atoms with Gasteiger partial charge in [-0.15, -0.1) is 0 Å². The summed E-state index contributed by atoms with van der Waals surface area (Å²) in [4.78, 5) is 23.6. The Labute approximate surface area is 169 Å². The van der Waals surface area contributed by atoms with Gasteiger partial charge >= 0.3 is 0 Å². The minimum Gasteiger partial charge on any atom is -0.384 e. The van der Waals surface area contributed by atoms with Gasteiger partial charge in [-0.2, -0.15) is 5.10 Å². The zero-order valence-electron chi connectivity index (χ0n) is 16.5. The second-order valence-electron chi connectivity index (χ2n) is 8.22. The highest BCUT2D eigenvalue weighted by Gasteiger charge is 2.34. The molecule has 0 aromatic carbocycles. The minimum atomic E-state index is 0.0462. The summed E-state index contributed by atoms with van der Waals surface area (Å²) in [5.74, 6) is 1.28. The topological polar surface area (TPSA) is 94.9 Å². The van der Waals surface area contributed by atoms with E-state index in [1.165, 1.54) is 6.33 Å². The van der Waals surface area contributed by atoms with Gasteiger partial charge in [-0.05, 0) is 31.4 Å². The van der Waals surface area contributed by atoms with E-state index in [1.54, 1.807) is 12.1 Å². The van der Waals surface area contributed by atoms with Gasteiger partial charge in [0.1, 0.15) is 12.1 Å². The van der Waals surface area contributed by atoms with Crippen molar-refractivity contribution in [3.05, 3.63) is 58.5 Å². The van der Waals surface area contributed by atoms with Crippen LogP contribution in [-0.2, 0) is 13.1 Å². The molecule has 2 aliphatic rings. The number of nitrogens with zero attached hydrogens (tertiary/aromatic N) is 6. The fraction of sp³-hybridized carbons (Fsp3) is 0.429. The number of piperidine rings is 1. The minimum absolute atomic E-state index is 0.0462. The molecule has 0 aliphatic carbocycles. The van der Waals surface area contributed by atoms with Crippen LogP contribution in [0.15, 0.2) is 41.6 Å². The van der Waals surface area contributed by atoms with Gasteiger partial charge in [0.15, 0.2) is 0 Å². The maximum absolute atomic E-state index is 12.8. The number of nitrogen functional groups attached to an aromatic ring is 1. The summed E-state index contributed by atoms with van der Waals surface area (Å²) in [6.07, 6.45) is 4.61. The van der Waals surface area contributed by atoms with Gasteiger partial charge in [0, 0.05) is 61.7 Å². The van der Waals surface area contributed by atoms with Crippen LogP contribution < -0.4 is 11.3 Å². The van der Waals surface area contributed by atoms with Crippen molar-refractivity contribution in [2.45, 2.75) is 32.4 Å². The van der Waals surface area contributed by atoms with E-state index >= 15 is 0 Å². The number of rotatable bonds is 4. The molecule has 0 unspecified atom stereocenters. The van der Waals surface area contributed by atoms with E-state index in [1.807, 2.05) is 28.4 Å². The van der Waals surface area contributed by atoms with Crippen molar-refractivity contribution in [2.24, 2.45) is 5.92 Å². The average Bonchev–Trinajstić information content (AvgIpc) is 3.12. The smallest absolute Gasteiger partial charge is 0.251 e. The maximum atomic E-state index is 12.8. The Kier molecular flexibility index (Phi) is 4.43. The summed E-state index contributed by atoms with van der Waals surface area (Å²) >= 11 is 0. The molecule has 29 heavy (non-hydrogen) atoms. The lowest BCUT2D eigenvalue weighted by atomic mass is 9.82. The van der Waals surface area contributed by atoms with Gasteiger partial charge in [0.25, 0.3) is 5.56 Å². The second-order valence-corrected chi connectivity index (χ2v) is 8.22. The summed E-state index contributed by atoms with van der Waals surface area (Å²) in [7, 11) is 0. The van der Waals surface area contributed by atoms with Crippen LogP contribution in [0.1, 0.15) is 23.7 Å². The van der Waals surface area contributed by atoms with E-state index in [2.05, 4.69) is 26.0 Å². The van der Waals surface area contributed by atoms with E-state index in [9.17, 15) is 4.79 Å². The first-order chi connectivity index (χ1) is 14.0. The highest BCUT2D eigenvalue weighted by atomic mass is 16.1. The summed E-state index contributed by atoms with van der Waals surface area (Å²) in [6, 6.07) is 7.54. The summed E-state index contributed by atoms with van der Waals surface area (Å²) in [5, 5.41) is 4.49. The highest BCUT2D eigenvalue weighted by molar-refractivity contribution is 5.61. The third-order valence-electron chi connectivity index (χ3n) is 6.04. The van der Waals surface area contributed by atoms with Crippen LogP contribution in [-0.4, -0.2) is 48.8 Å². The number of nitrogens with two attached hydrogens (primary N) is 1.